The molecule has 0 unspecified atom stereocenters. The molecule has 1 aromatic heterocycles. The maximum Gasteiger partial charge on any atom is 0.230 e. The number of aromatic nitrogens is 1. The van der Waals surface area contributed by atoms with Crippen molar-refractivity contribution in [3.05, 3.63) is 65.2 Å². The molecule has 0 spiro atoms. The number of nitrogens with zero attached hydrogens (tertiary/aromatic N) is 2. The Morgan fingerprint density at radius 3 is 2.81 bits per heavy atom. The van der Waals surface area contributed by atoms with Gasteiger partial charge in [-0.2, -0.15) is 5.26 Å². The van der Waals surface area contributed by atoms with Gasteiger partial charge in [0, 0.05) is 16.6 Å². The SMILES string of the molecule is CCOc1ccc(-c2nc(CC(=O)Nc3cccc(C#N)c3)cs2)cc1. The van der Waals surface area contributed by atoms with Crippen LogP contribution in [0.3, 0.4) is 0 Å². The average Bonchev–Trinajstić information content (AvgIpc) is 3.11. The number of benzene rings is 2. The number of nitrogens with one attached hydrogen (secondary N) is 1. The monoisotopic (exact) mass is 363 g/mol. The average molecular weight is 363 g/mol. The van der Waals surface area contributed by atoms with Gasteiger partial charge >= 0.3 is 0 Å². The maximum atomic E-state index is 12.2. The van der Waals surface area contributed by atoms with E-state index < -0.39 is 0 Å². The van der Waals surface area contributed by atoms with Gasteiger partial charge in [-0.3, -0.25) is 4.79 Å². The third-order valence-electron chi connectivity index (χ3n) is 3.58. The topological polar surface area (TPSA) is 75.0 Å². The minimum absolute atomic E-state index is 0.163. The van der Waals surface area contributed by atoms with E-state index in [-0.39, 0.29) is 12.3 Å². The second-order valence-electron chi connectivity index (χ2n) is 5.52. The van der Waals surface area contributed by atoms with Gasteiger partial charge in [-0.1, -0.05) is 6.07 Å². The van der Waals surface area contributed by atoms with Crippen molar-refractivity contribution in [1.29, 1.82) is 5.26 Å². The first-order valence-corrected chi connectivity index (χ1v) is 9.03. The molecule has 5 nitrogen and oxygen atoms in total. The molecule has 0 radical (unpaired) electrons. The number of hydrogen-bond donors (Lipinski definition) is 1. The molecule has 0 aliphatic rings. The summed E-state index contributed by atoms with van der Waals surface area (Å²) in [5.74, 6) is 0.663. The first-order valence-electron chi connectivity index (χ1n) is 8.15. The second-order valence-corrected chi connectivity index (χ2v) is 6.38. The summed E-state index contributed by atoms with van der Waals surface area (Å²) >= 11 is 1.50. The molecule has 0 aliphatic carbocycles. The van der Waals surface area contributed by atoms with E-state index in [1.165, 1.54) is 11.3 Å². The minimum atomic E-state index is -0.163. The van der Waals surface area contributed by atoms with Gasteiger partial charge in [-0.05, 0) is 49.4 Å². The van der Waals surface area contributed by atoms with E-state index in [1.807, 2.05) is 36.6 Å². The van der Waals surface area contributed by atoms with Crippen molar-refractivity contribution in [3.63, 3.8) is 0 Å². The van der Waals surface area contributed by atoms with E-state index in [0.717, 1.165) is 16.3 Å². The Balaban J connectivity index is 1.64. The molecule has 26 heavy (non-hydrogen) atoms. The van der Waals surface area contributed by atoms with Crippen LogP contribution in [0.5, 0.6) is 5.75 Å². The molecule has 2 aromatic carbocycles. The number of rotatable bonds is 6. The standard InChI is InChI=1S/C20H17N3O2S/c1-2-25-18-8-6-15(7-9-18)20-23-17(13-26-20)11-19(24)22-16-5-3-4-14(10-16)12-21/h3-10,13H,2,11H2,1H3,(H,22,24). The summed E-state index contributed by atoms with van der Waals surface area (Å²) in [6.45, 7) is 2.58. The summed E-state index contributed by atoms with van der Waals surface area (Å²) in [6.07, 6.45) is 0.185. The molecule has 0 saturated heterocycles. The summed E-state index contributed by atoms with van der Waals surface area (Å²) in [5, 5.41) is 14.5. The lowest BCUT2D eigenvalue weighted by molar-refractivity contribution is -0.115. The number of amides is 1. The van der Waals surface area contributed by atoms with E-state index >= 15 is 0 Å². The van der Waals surface area contributed by atoms with Gasteiger partial charge in [0.25, 0.3) is 0 Å². The van der Waals surface area contributed by atoms with Crippen molar-refractivity contribution >= 4 is 22.9 Å². The summed E-state index contributed by atoms with van der Waals surface area (Å²) in [4.78, 5) is 16.7. The molecule has 3 rings (SSSR count). The Labute approximate surface area is 155 Å². The van der Waals surface area contributed by atoms with Gasteiger partial charge < -0.3 is 10.1 Å². The largest absolute Gasteiger partial charge is 0.494 e. The third-order valence-corrected chi connectivity index (χ3v) is 4.52. The molecular weight excluding hydrogens is 346 g/mol. The van der Waals surface area contributed by atoms with Crippen molar-refractivity contribution in [3.8, 4) is 22.4 Å². The van der Waals surface area contributed by atoms with Crippen LogP contribution in [0.1, 0.15) is 18.2 Å². The Hall–Kier alpha value is -3.17. The smallest absolute Gasteiger partial charge is 0.230 e. The van der Waals surface area contributed by atoms with Crippen LogP contribution in [0, 0.1) is 11.3 Å². The number of hydrogen-bond acceptors (Lipinski definition) is 5. The van der Waals surface area contributed by atoms with E-state index in [0.29, 0.717) is 23.6 Å². The van der Waals surface area contributed by atoms with Gasteiger partial charge in [0.15, 0.2) is 0 Å². The lowest BCUT2D eigenvalue weighted by Gasteiger charge is -2.04. The first kappa shape index (κ1) is 17.6. The van der Waals surface area contributed by atoms with Gasteiger partial charge in [-0.15, -0.1) is 11.3 Å². The Morgan fingerprint density at radius 1 is 1.27 bits per heavy atom. The van der Waals surface area contributed by atoms with Crippen molar-refractivity contribution < 1.29 is 9.53 Å². The van der Waals surface area contributed by atoms with Crippen molar-refractivity contribution in [2.45, 2.75) is 13.3 Å². The lowest BCUT2D eigenvalue weighted by Crippen LogP contribution is -2.14. The zero-order valence-corrected chi connectivity index (χ0v) is 15.0. The molecule has 130 valence electrons. The number of anilines is 1. The number of carbonyl (C=O) groups is 1. The van der Waals surface area contributed by atoms with Crippen LogP contribution in [-0.4, -0.2) is 17.5 Å². The zero-order valence-electron chi connectivity index (χ0n) is 14.2. The van der Waals surface area contributed by atoms with Crippen molar-refractivity contribution in [2.75, 3.05) is 11.9 Å². The molecule has 0 aliphatic heterocycles. The molecular formula is C20H17N3O2S. The predicted octanol–water partition coefficient (Wildman–Crippen LogP) is 4.26. The summed E-state index contributed by atoms with van der Waals surface area (Å²) in [7, 11) is 0. The summed E-state index contributed by atoms with van der Waals surface area (Å²) in [5.41, 5.74) is 2.82. The fourth-order valence-corrected chi connectivity index (χ4v) is 3.24. The fourth-order valence-electron chi connectivity index (χ4n) is 2.42. The van der Waals surface area contributed by atoms with Crippen LogP contribution in [0.25, 0.3) is 10.6 Å². The first-order chi connectivity index (χ1) is 12.7. The van der Waals surface area contributed by atoms with Crippen LogP contribution in [0.15, 0.2) is 53.9 Å². The van der Waals surface area contributed by atoms with Crippen LogP contribution in [0.4, 0.5) is 5.69 Å². The van der Waals surface area contributed by atoms with E-state index in [9.17, 15) is 4.79 Å². The van der Waals surface area contributed by atoms with E-state index in [2.05, 4.69) is 16.4 Å². The summed E-state index contributed by atoms with van der Waals surface area (Å²) in [6, 6.07) is 16.6. The van der Waals surface area contributed by atoms with E-state index in [4.69, 9.17) is 10.00 Å². The number of carbonyl (C=O) groups excluding carboxylic acids is 1. The molecule has 1 N–H and O–H groups in total. The number of nitriles is 1. The summed E-state index contributed by atoms with van der Waals surface area (Å²) < 4.78 is 5.44. The maximum absolute atomic E-state index is 12.2. The molecule has 0 bridgehead atoms. The highest BCUT2D eigenvalue weighted by molar-refractivity contribution is 7.13. The predicted molar refractivity (Wildman–Crippen MR) is 102 cm³/mol. The number of ether oxygens (including phenoxy) is 1. The molecule has 1 heterocycles. The van der Waals surface area contributed by atoms with Crippen LogP contribution in [0.2, 0.25) is 0 Å². The molecule has 3 aromatic rings. The lowest BCUT2D eigenvalue weighted by atomic mass is 10.2. The minimum Gasteiger partial charge on any atom is -0.494 e. The Kier molecular flexibility index (Phi) is 5.62. The van der Waals surface area contributed by atoms with Crippen LogP contribution >= 0.6 is 11.3 Å². The third kappa shape index (κ3) is 4.47. The fraction of sp³-hybridized carbons (Fsp3) is 0.150. The van der Waals surface area contributed by atoms with Gasteiger partial charge in [-0.25, -0.2) is 4.98 Å². The Morgan fingerprint density at radius 2 is 2.08 bits per heavy atom. The molecule has 1 amide bonds. The van der Waals surface area contributed by atoms with Gasteiger partial charge in [0.2, 0.25) is 5.91 Å². The second kappa shape index (κ2) is 8.28. The van der Waals surface area contributed by atoms with Crippen molar-refractivity contribution in [2.24, 2.45) is 0 Å². The van der Waals surface area contributed by atoms with Gasteiger partial charge in [0.1, 0.15) is 10.8 Å². The van der Waals surface area contributed by atoms with Crippen LogP contribution < -0.4 is 10.1 Å². The molecule has 6 heteroatoms. The Bertz CT molecular complexity index is 942. The molecule has 0 saturated carbocycles. The highest BCUT2D eigenvalue weighted by Gasteiger charge is 2.10. The normalized spacial score (nSPS) is 10.2. The zero-order chi connectivity index (χ0) is 18.4. The quantitative estimate of drug-likeness (QED) is 0.710. The molecule has 0 fully saturated rings. The van der Waals surface area contributed by atoms with Gasteiger partial charge in [0.05, 0.1) is 30.4 Å². The van der Waals surface area contributed by atoms with E-state index in [1.54, 1.807) is 24.3 Å². The highest BCUT2D eigenvalue weighted by Crippen LogP contribution is 2.26. The molecule has 0 atom stereocenters. The highest BCUT2D eigenvalue weighted by atomic mass is 32.1. The van der Waals surface area contributed by atoms with Crippen LogP contribution in [-0.2, 0) is 11.2 Å². The number of thiazole rings is 1. The van der Waals surface area contributed by atoms with Crippen molar-refractivity contribution in [1.82, 2.24) is 4.98 Å².